The van der Waals surface area contributed by atoms with Gasteiger partial charge in [0, 0.05) is 31.4 Å². The highest BCUT2D eigenvalue weighted by Gasteiger charge is 2.54. The lowest BCUT2D eigenvalue weighted by molar-refractivity contribution is -0.146. The smallest absolute Gasteiger partial charge is 0.459 e. The van der Waals surface area contributed by atoms with Crippen LogP contribution in [0.1, 0.15) is 85.8 Å². The lowest BCUT2D eigenvalue weighted by Crippen LogP contribution is -2.43. The summed E-state index contributed by atoms with van der Waals surface area (Å²) in [6.07, 6.45) is 3.47. The number of nitrogens with one attached hydrogen (secondary N) is 4. The molecule has 2 heterocycles. The Morgan fingerprint density at radius 3 is 2.41 bits per heavy atom. The number of esters is 1. The molecule has 3 amide bonds. The van der Waals surface area contributed by atoms with Crippen LogP contribution in [0.25, 0.3) is 5.52 Å². The number of ketones is 1. The largest absolute Gasteiger partial charge is 0.464 e. The molecule has 1 aromatic carbocycles. The van der Waals surface area contributed by atoms with Gasteiger partial charge < -0.3 is 35.1 Å². The van der Waals surface area contributed by atoms with Crippen molar-refractivity contribution in [2.24, 2.45) is 23.7 Å². The third-order valence-electron chi connectivity index (χ3n) is 11.7. The number of para-hydroxylation sites is 1. The summed E-state index contributed by atoms with van der Waals surface area (Å²) in [6.45, 7) is 11.1. The van der Waals surface area contributed by atoms with E-state index in [2.05, 4.69) is 37.2 Å². The summed E-state index contributed by atoms with van der Waals surface area (Å²) in [5.74, 6) is -3.15. The number of benzene rings is 1. The number of aliphatic hydroxyl groups excluding tert-OH is 1. The van der Waals surface area contributed by atoms with Crippen molar-refractivity contribution in [3.63, 3.8) is 0 Å². The molecular formula is C45H65N8O11PS. The van der Waals surface area contributed by atoms with Gasteiger partial charge in [0.2, 0.25) is 17.7 Å². The number of nitriles is 1. The summed E-state index contributed by atoms with van der Waals surface area (Å²) in [4.78, 5) is 67.7. The molecule has 0 aliphatic heterocycles. The Hall–Kier alpha value is -4.90. The molecule has 19 nitrogen and oxygen atoms in total. The molecule has 21 heteroatoms. The van der Waals surface area contributed by atoms with Gasteiger partial charge >= 0.3 is 13.7 Å². The summed E-state index contributed by atoms with van der Waals surface area (Å²) >= 11 is 1.06. The minimum Gasteiger partial charge on any atom is -0.464 e. The molecule has 0 saturated heterocycles. The van der Waals surface area contributed by atoms with E-state index in [0.717, 1.165) is 24.6 Å². The zero-order valence-corrected chi connectivity index (χ0v) is 40.5. The van der Waals surface area contributed by atoms with Crippen molar-refractivity contribution in [2.45, 2.75) is 104 Å². The van der Waals surface area contributed by atoms with Crippen molar-refractivity contribution >= 4 is 60.3 Å². The second-order valence-corrected chi connectivity index (χ2v) is 19.5. The molecule has 1 aliphatic rings. The molecule has 7 atom stereocenters. The number of methoxy groups -OCH3 is 1. The predicted molar refractivity (Wildman–Crippen MR) is 248 cm³/mol. The normalized spacial score (nSPS) is 20.0. The van der Waals surface area contributed by atoms with E-state index in [9.17, 15) is 38.9 Å². The summed E-state index contributed by atoms with van der Waals surface area (Å²) in [5.41, 5.74) is -0.518. The first kappa shape index (κ1) is 53.7. The molecule has 0 bridgehead atoms. The van der Waals surface area contributed by atoms with Gasteiger partial charge in [0.05, 0.1) is 48.6 Å². The summed E-state index contributed by atoms with van der Waals surface area (Å²) in [7, 11) is -2.85. The van der Waals surface area contributed by atoms with E-state index in [0.29, 0.717) is 37.0 Å². The van der Waals surface area contributed by atoms with E-state index >= 15 is 0 Å². The van der Waals surface area contributed by atoms with Crippen LogP contribution in [0.2, 0.25) is 0 Å². The minimum atomic E-state index is -4.28. The maximum atomic E-state index is 14.3. The number of anilines is 1. The van der Waals surface area contributed by atoms with Gasteiger partial charge in [0.15, 0.2) is 11.6 Å². The Morgan fingerprint density at radius 2 is 1.74 bits per heavy atom. The fraction of sp³-hybridized carbons (Fsp3) is 0.600. The Labute approximate surface area is 390 Å². The van der Waals surface area contributed by atoms with Gasteiger partial charge in [-0.2, -0.15) is 15.4 Å². The molecule has 66 heavy (non-hydrogen) atoms. The lowest BCUT2D eigenvalue weighted by atomic mass is 9.77. The Balaban J connectivity index is 1.39. The number of rotatable bonds is 28. The summed E-state index contributed by atoms with van der Waals surface area (Å²) < 4.78 is 37.9. The molecule has 1 aliphatic carbocycles. The maximum Gasteiger partial charge on any atom is 0.459 e. The Bertz CT molecular complexity index is 2190. The SMILES string of the molecule is CCC(CC)COC(=O)[C@H](C)NP(=O)(OC[C@H]1C[C@@](C#N)(c2ccc3c(NC(=O)CSCC(=O)NC(CCCCNC(=O)COC)C(=O)C(C)C)ncnn23)[C@H](C)[C@@H]1O)Oc1ccccc1. The fourth-order valence-electron chi connectivity index (χ4n) is 7.74. The predicted octanol–water partition coefficient (Wildman–Crippen LogP) is 4.98. The van der Waals surface area contributed by atoms with E-state index in [-0.39, 0.29) is 72.8 Å². The van der Waals surface area contributed by atoms with Crippen molar-refractivity contribution in [2.75, 3.05) is 50.3 Å². The number of thioether (sulfide) groups is 1. The van der Waals surface area contributed by atoms with Crippen molar-refractivity contribution in [1.82, 2.24) is 30.3 Å². The number of aromatic nitrogens is 3. The monoisotopic (exact) mass is 956 g/mol. The average molecular weight is 957 g/mol. The molecule has 1 saturated carbocycles. The number of nitrogens with zero attached hydrogens (tertiary/aromatic N) is 4. The van der Waals surface area contributed by atoms with Crippen molar-refractivity contribution < 1.29 is 52.2 Å². The summed E-state index contributed by atoms with van der Waals surface area (Å²) in [6, 6.07) is 12.3. The van der Waals surface area contributed by atoms with Gasteiger partial charge in [0.1, 0.15) is 35.7 Å². The van der Waals surface area contributed by atoms with Gasteiger partial charge in [0.25, 0.3) is 0 Å². The molecular weight excluding hydrogens is 892 g/mol. The highest BCUT2D eigenvalue weighted by atomic mass is 32.2. The van der Waals surface area contributed by atoms with Crippen molar-refractivity contribution in [3.8, 4) is 11.8 Å². The second kappa shape index (κ2) is 25.9. The Morgan fingerprint density at radius 1 is 1.03 bits per heavy atom. The first-order valence-corrected chi connectivity index (χ1v) is 25.0. The molecule has 0 spiro atoms. The minimum absolute atomic E-state index is 0.0369. The molecule has 2 aromatic heterocycles. The maximum absolute atomic E-state index is 14.3. The third kappa shape index (κ3) is 14.8. The zero-order valence-electron chi connectivity index (χ0n) is 38.8. The number of ether oxygens (including phenoxy) is 2. The van der Waals surface area contributed by atoms with Crippen LogP contribution >= 0.6 is 19.5 Å². The van der Waals surface area contributed by atoms with Gasteiger partial charge in [-0.1, -0.05) is 65.7 Å². The number of amides is 3. The molecule has 3 aromatic rings. The highest BCUT2D eigenvalue weighted by Crippen LogP contribution is 2.51. The molecule has 362 valence electrons. The second-order valence-electron chi connectivity index (χ2n) is 16.8. The van der Waals surface area contributed by atoms with E-state index in [1.165, 1.54) is 24.9 Å². The van der Waals surface area contributed by atoms with Crippen LogP contribution in [-0.4, -0.2) is 112 Å². The number of carbonyl (C=O) groups is 5. The van der Waals surface area contributed by atoms with Crippen LogP contribution in [-0.2, 0) is 48.0 Å². The number of fused-ring (bicyclic) bond motifs is 1. The number of hydrogen-bond donors (Lipinski definition) is 5. The zero-order chi connectivity index (χ0) is 48.4. The Kier molecular flexibility index (Phi) is 21.0. The van der Waals surface area contributed by atoms with Crippen LogP contribution in [0.5, 0.6) is 5.75 Å². The van der Waals surface area contributed by atoms with E-state index in [1.54, 1.807) is 63.2 Å². The number of unbranched alkanes of at least 4 members (excludes halogenated alkanes) is 1. The topological polar surface area (TPSA) is 262 Å². The van der Waals surface area contributed by atoms with Gasteiger partial charge in [-0.15, -0.1) is 11.8 Å². The number of Topliss-reactive ketones (excluding diaryl/α,β-unsaturated/α-hetero) is 1. The molecule has 4 rings (SSSR count). The first-order chi connectivity index (χ1) is 31.5. The lowest BCUT2D eigenvalue weighted by Gasteiger charge is -2.26. The van der Waals surface area contributed by atoms with E-state index in [4.69, 9.17) is 18.5 Å². The highest BCUT2D eigenvalue weighted by molar-refractivity contribution is 8.00. The third-order valence-corrected chi connectivity index (χ3v) is 14.3. The van der Waals surface area contributed by atoms with Gasteiger partial charge in [-0.25, -0.2) is 14.1 Å². The van der Waals surface area contributed by atoms with Crippen LogP contribution in [0, 0.1) is 35.0 Å². The van der Waals surface area contributed by atoms with Crippen LogP contribution in [0.4, 0.5) is 5.82 Å². The van der Waals surface area contributed by atoms with E-state index in [1.807, 2.05) is 13.8 Å². The average Bonchev–Trinajstić information content (AvgIpc) is 3.84. The van der Waals surface area contributed by atoms with Crippen molar-refractivity contribution in [1.29, 1.82) is 5.26 Å². The van der Waals surface area contributed by atoms with Gasteiger partial charge in [-0.3, -0.25) is 28.5 Å². The standard InChI is InChI=1S/C45H65N8O11PS/c1-8-32(9-2)22-62-44(59)31(6)52-65(60,64-34-15-11-10-12-16-34)63-23-33-21-45(27-46,30(5)42(33)58)37-19-18-36-43(48-28-49-53(36)37)51-40(56)26-66-25-39(55)50-35(41(57)29(3)4)17-13-14-20-47-38(54)24-61-7/h10-12,15-16,18-19,28-33,35,42,58H,8-9,13-14,17,20-26H2,1-7H3,(H,47,54)(H,50,55)(H,52,60)(H,48,49,51,56)/t30-,31+,33-,35?,42+,45+,65?/m1/s1. The van der Waals surface area contributed by atoms with Gasteiger partial charge in [-0.05, 0) is 62.8 Å². The molecule has 2 unspecified atom stereocenters. The van der Waals surface area contributed by atoms with Crippen LogP contribution in [0.3, 0.4) is 0 Å². The van der Waals surface area contributed by atoms with Crippen LogP contribution < -0.4 is 25.6 Å². The number of hydrogen-bond acceptors (Lipinski definition) is 15. The molecule has 0 radical (unpaired) electrons. The van der Waals surface area contributed by atoms with Crippen molar-refractivity contribution in [3.05, 3.63) is 54.5 Å². The quantitative estimate of drug-likeness (QED) is 0.0365. The molecule has 5 N–H and O–H groups in total. The summed E-state index contributed by atoms with van der Waals surface area (Å²) in [5, 5.41) is 37.8. The fourth-order valence-corrected chi connectivity index (χ4v) is 9.92. The number of aliphatic hydroxyl groups is 1. The van der Waals surface area contributed by atoms with E-state index < -0.39 is 61.0 Å². The number of carbonyl (C=O) groups excluding carboxylic acids is 5. The first-order valence-electron chi connectivity index (χ1n) is 22.3. The molecule has 1 fully saturated rings. The van der Waals surface area contributed by atoms with Crippen LogP contribution in [0.15, 0.2) is 48.8 Å².